The van der Waals surface area contributed by atoms with Crippen molar-refractivity contribution in [2.75, 3.05) is 39.5 Å². The van der Waals surface area contributed by atoms with E-state index in [4.69, 9.17) is 56.6 Å². The molecule has 0 saturated carbocycles. The lowest BCUT2D eigenvalue weighted by atomic mass is 10.7. The zero-order valence-electron chi connectivity index (χ0n) is 7.47. The van der Waals surface area contributed by atoms with Crippen LogP contribution in [0.3, 0.4) is 0 Å². The van der Waals surface area contributed by atoms with E-state index in [1.807, 2.05) is 0 Å². The molecule has 0 saturated heterocycles. The molecular weight excluding hydrogens is 274 g/mol. The van der Waals surface area contributed by atoms with Gasteiger partial charge in [-0.05, 0) is 47.1 Å². The van der Waals surface area contributed by atoms with Gasteiger partial charge in [-0.2, -0.15) is 0 Å². The molecule has 0 aromatic heterocycles. The molecule has 14 heavy (non-hydrogen) atoms. The second kappa shape index (κ2) is 10.5. The predicted molar refractivity (Wildman–Crippen MR) is 58.5 cm³/mol. The van der Waals surface area contributed by atoms with E-state index in [-0.39, 0.29) is 0 Å². The van der Waals surface area contributed by atoms with Gasteiger partial charge < -0.3 is 9.47 Å². The summed E-state index contributed by atoms with van der Waals surface area (Å²) in [6, 6.07) is 0. The van der Waals surface area contributed by atoms with E-state index in [1.54, 1.807) is 0 Å². The van der Waals surface area contributed by atoms with Crippen molar-refractivity contribution in [3.8, 4) is 0 Å². The Kier molecular flexibility index (Phi) is 11.3. The zero-order chi connectivity index (χ0) is 10.8. The highest BCUT2D eigenvalue weighted by Gasteiger charge is 1.96. The summed E-state index contributed by atoms with van der Waals surface area (Å²) in [5.41, 5.74) is 0. The van der Waals surface area contributed by atoms with E-state index in [0.717, 1.165) is 7.88 Å². The molecule has 0 radical (unpaired) electrons. The first-order valence-corrected chi connectivity index (χ1v) is 5.32. The molecule has 4 nitrogen and oxygen atoms in total. The maximum absolute atomic E-state index is 5.33. The van der Waals surface area contributed by atoms with Crippen LogP contribution in [0.2, 0.25) is 0 Å². The summed E-state index contributed by atoms with van der Waals surface area (Å²) in [4.78, 5) is 0. The van der Waals surface area contributed by atoms with E-state index in [0.29, 0.717) is 39.5 Å². The second-order valence-electron chi connectivity index (χ2n) is 2.28. The van der Waals surface area contributed by atoms with Crippen LogP contribution in [0.25, 0.3) is 0 Å². The first-order chi connectivity index (χ1) is 6.63. The Balaban J connectivity index is 2.92. The molecule has 0 spiro atoms. The molecule has 0 rings (SSSR count). The van der Waals surface area contributed by atoms with Crippen LogP contribution in [0.15, 0.2) is 0 Å². The van der Waals surface area contributed by atoms with Crippen LogP contribution in [0.1, 0.15) is 0 Å². The molecule has 8 heteroatoms. The van der Waals surface area contributed by atoms with E-state index in [9.17, 15) is 0 Å². The van der Waals surface area contributed by atoms with Gasteiger partial charge in [-0.3, -0.25) is 0 Å². The molecule has 0 aliphatic carbocycles. The first-order valence-electron chi connectivity index (χ1n) is 3.96. The van der Waals surface area contributed by atoms with Crippen LogP contribution in [0, 0.1) is 0 Å². The maximum Gasteiger partial charge on any atom is 0.0701 e. The molecule has 0 aliphatic rings. The monoisotopic (exact) mass is 284 g/mol. The van der Waals surface area contributed by atoms with E-state index < -0.39 is 0 Å². The molecule has 0 amide bonds. The SMILES string of the molecule is ClN(Cl)CCOCCOCCN(Cl)Cl. The van der Waals surface area contributed by atoms with Gasteiger partial charge in [-0.25, -0.2) is 0 Å². The lowest BCUT2D eigenvalue weighted by molar-refractivity contribution is 0.0472. The number of halogens is 4. The Morgan fingerprint density at radius 1 is 0.643 bits per heavy atom. The average molecular weight is 286 g/mol. The number of nitrogens with zero attached hydrogens (tertiary/aromatic N) is 2. The van der Waals surface area contributed by atoms with Gasteiger partial charge in [-0.15, -0.1) is 7.88 Å². The summed E-state index contributed by atoms with van der Waals surface area (Å²) >= 11 is 21.3. The molecule has 86 valence electrons. The Hall–Kier alpha value is 1.00. The molecule has 0 atom stereocenters. The summed E-state index contributed by atoms with van der Waals surface area (Å²) in [6.45, 7) is 2.83. The van der Waals surface area contributed by atoms with Crippen LogP contribution in [-0.2, 0) is 9.47 Å². The fourth-order valence-corrected chi connectivity index (χ4v) is 0.865. The van der Waals surface area contributed by atoms with Gasteiger partial charge in [0.25, 0.3) is 0 Å². The van der Waals surface area contributed by atoms with Crippen molar-refractivity contribution in [2.45, 2.75) is 0 Å². The van der Waals surface area contributed by atoms with Crippen molar-refractivity contribution in [1.29, 1.82) is 0 Å². The maximum atomic E-state index is 5.33. The number of hydrogen-bond acceptors (Lipinski definition) is 4. The Bertz CT molecular complexity index is 114. The van der Waals surface area contributed by atoms with Gasteiger partial charge in [-0.1, -0.05) is 0 Å². The summed E-state index contributed by atoms with van der Waals surface area (Å²) in [6.07, 6.45) is 0. The summed E-state index contributed by atoms with van der Waals surface area (Å²) in [5.74, 6) is 0. The van der Waals surface area contributed by atoms with Crippen LogP contribution >= 0.6 is 47.1 Å². The molecule has 0 N–H and O–H groups in total. The number of hydrogen-bond donors (Lipinski definition) is 0. The van der Waals surface area contributed by atoms with Crippen LogP contribution in [0.4, 0.5) is 0 Å². The molecule has 0 aromatic carbocycles. The van der Waals surface area contributed by atoms with Gasteiger partial charge in [0.15, 0.2) is 0 Å². The summed E-state index contributed by atoms with van der Waals surface area (Å²) in [7, 11) is 0. The van der Waals surface area contributed by atoms with Crippen molar-refractivity contribution in [1.82, 2.24) is 7.88 Å². The number of rotatable bonds is 9. The van der Waals surface area contributed by atoms with Gasteiger partial charge in [0.2, 0.25) is 0 Å². The minimum Gasteiger partial charge on any atom is -0.378 e. The fraction of sp³-hybridized carbons (Fsp3) is 1.00. The van der Waals surface area contributed by atoms with Gasteiger partial charge in [0.05, 0.1) is 39.5 Å². The van der Waals surface area contributed by atoms with Crippen molar-refractivity contribution in [3.63, 3.8) is 0 Å². The van der Waals surface area contributed by atoms with E-state index in [2.05, 4.69) is 0 Å². The summed E-state index contributed by atoms with van der Waals surface area (Å²) < 4.78 is 12.3. The largest absolute Gasteiger partial charge is 0.378 e. The third kappa shape index (κ3) is 13.0. The van der Waals surface area contributed by atoms with Crippen molar-refractivity contribution in [3.05, 3.63) is 0 Å². The highest BCUT2D eigenvalue weighted by Crippen LogP contribution is 1.97. The second-order valence-corrected chi connectivity index (χ2v) is 4.26. The number of ether oxygens (including phenoxy) is 2. The lowest BCUT2D eigenvalue weighted by Crippen LogP contribution is -2.14. The van der Waals surface area contributed by atoms with Crippen LogP contribution in [0.5, 0.6) is 0 Å². The molecule has 0 aliphatic heterocycles. The van der Waals surface area contributed by atoms with Gasteiger partial charge >= 0.3 is 0 Å². The third-order valence-electron chi connectivity index (χ3n) is 1.18. The minimum atomic E-state index is 0.459. The average Bonchev–Trinajstić information content (AvgIpc) is 2.08. The molecule has 0 bridgehead atoms. The molecule has 0 fully saturated rings. The topological polar surface area (TPSA) is 24.9 Å². The van der Waals surface area contributed by atoms with Crippen molar-refractivity contribution in [2.24, 2.45) is 0 Å². The van der Waals surface area contributed by atoms with Crippen LogP contribution < -0.4 is 0 Å². The standard InChI is InChI=1S/C6H12Cl4N2O2/c7-11(8)1-3-13-5-6-14-4-2-12(9)10/h1-6H2. The fourth-order valence-electron chi connectivity index (χ4n) is 0.589. The molecular formula is C6H12Cl4N2O2. The van der Waals surface area contributed by atoms with Crippen molar-refractivity contribution >= 4 is 47.1 Å². The predicted octanol–water partition coefficient (Wildman–Crippen LogP) is 2.24. The molecule has 0 heterocycles. The molecule has 0 unspecified atom stereocenters. The van der Waals surface area contributed by atoms with Crippen LogP contribution in [-0.4, -0.2) is 47.4 Å². The van der Waals surface area contributed by atoms with Gasteiger partial charge in [0.1, 0.15) is 0 Å². The Morgan fingerprint density at radius 3 is 1.29 bits per heavy atom. The zero-order valence-corrected chi connectivity index (χ0v) is 10.5. The van der Waals surface area contributed by atoms with Gasteiger partial charge in [0, 0.05) is 0 Å². The smallest absolute Gasteiger partial charge is 0.0701 e. The first kappa shape index (κ1) is 15.0. The van der Waals surface area contributed by atoms with Crippen molar-refractivity contribution < 1.29 is 9.47 Å². The van der Waals surface area contributed by atoms with E-state index >= 15 is 0 Å². The summed E-state index contributed by atoms with van der Waals surface area (Å²) in [5, 5.41) is 0. The quantitative estimate of drug-likeness (QED) is 0.479. The lowest BCUT2D eigenvalue weighted by Gasteiger charge is -2.07. The normalized spacial score (nSPS) is 11.6. The Morgan fingerprint density at radius 2 is 1.00 bits per heavy atom. The van der Waals surface area contributed by atoms with E-state index in [1.165, 1.54) is 0 Å². The Labute approximate surface area is 104 Å². The highest BCUT2D eigenvalue weighted by molar-refractivity contribution is 6.34. The highest BCUT2D eigenvalue weighted by atomic mass is 35.5. The minimum absolute atomic E-state index is 0.459. The molecule has 0 aromatic rings. The third-order valence-corrected chi connectivity index (χ3v) is 1.86.